The van der Waals surface area contributed by atoms with Crippen molar-refractivity contribution in [3.8, 4) is 0 Å². The average molecular weight is 428 g/mol. The molecule has 158 valence electrons. The van der Waals surface area contributed by atoms with Crippen LogP contribution < -0.4 is 10.9 Å². The molecule has 0 saturated heterocycles. The summed E-state index contributed by atoms with van der Waals surface area (Å²) < 4.78 is 6.54. The van der Waals surface area contributed by atoms with Gasteiger partial charge in [0.25, 0.3) is 5.56 Å². The van der Waals surface area contributed by atoms with Gasteiger partial charge in [-0.2, -0.15) is 0 Å². The minimum atomic E-state index is -0.455. The van der Waals surface area contributed by atoms with Crippen LogP contribution in [0.1, 0.15) is 41.6 Å². The number of aromatic nitrogens is 2. The summed E-state index contributed by atoms with van der Waals surface area (Å²) in [7, 11) is 0. The second-order valence-electron chi connectivity index (χ2n) is 7.50. The van der Waals surface area contributed by atoms with Gasteiger partial charge in [-0.25, -0.2) is 9.78 Å². The molecule has 3 aromatic rings. The van der Waals surface area contributed by atoms with E-state index in [1.54, 1.807) is 6.92 Å². The fourth-order valence-corrected chi connectivity index (χ4v) is 3.99. The number of amides is 1. The molecular weight excluding hydrogens is 402 g/mol. The Morgan fingerprint density at radius 1 is 1.23 bits per heavy atom. The third-order valence-electron chi connectivity index (χ3n) is 4.61. The number of hydrogen-bond donors (Lipinski definition) is 1. The Kier molecular flexibility index (Phi) is 6.66. The molecule has 0 bridgehead atoms. The topological polar surface area (TPSA) is 90.3 Å². The number of benzene rings is 1. The van der Waals surface area contributed by atoms with Crippen LogP contribution in [0.3, 0.4) is 0 Å². The number of rotatable bonds is 7. The zero-order valence-electron chi connectivity index (χ0n) is 17.5. The fraction of sp³-hybridized carbons (Fsp3) is 0.364. The van der Waals surface area contributed by atoms with Crippen molar-refractivity contribution < 1.29 is 14.3 Å². The number of fused-ring (bicyclic) bond motifs is 1. The minimum absolute atomic E-state index is 0.167. The molecule has 7 nitrogen and oxygen atoms in total. The predicted octanol–water partition coefficient (Wildman–Crippen LogP) is 3.78. The second-order valence-corrected chi connectivity index (χ2v) is 8.50. The van der Waals surface area contributed by atoms with Crippen molar-refractivity contribution in [1.82, 2.24) is 9.55 Å². The van der Waals surface area contributed by atoms with Crippen molar-refractivity contribution in [3.63, 3.8) is 0 Å². The summed E-state index contributed by atoms with van der Waals surface area (Å²) >= 11 is 1.13. The number of esters is 1. The van der Waals surface area contributed by atoms with E-state index in [1.165, 1.54) is 16.5 Å². The predicted molar refractivity (Wildman–Crippen MR) is 118 cm³/mol. The number of hydrogen-bond acceptors (Lipinski definition) is 6. The molecule has 0 atom stereocenters. The number of thiophene rings is 1. The Bertz CT molecular complexity index is 1130. The largest absolute Gasteiger partial charge is 0.461 e. The molecule has 0 aliphatic rings. The number of nitrogens with zero attached hydrogens (tertiary/aromatic N) is 2. The Morgan fingerprint density at radius 3 is 2.57 bits per heavy atom. The summed E-state index contributed by atoms with van der Waals surface area (Å²) in [6.45, 7) is 7.81. The maximum absolute atomic E-state index is 12.9. The lowest BCUT2D eigenvalue weighted by atomic mass is 10.1. The zero-order chi connectivity index (χ0) is 21.8. The highest BCUT2D eigenvalue weighted by Crippen LogP contribution is 2.27. The second kappa shape index (κ2) is 9.21. The molecule has 30 heavy (non-hydrogen) atoms. The Hall–Kier alpha value is -3.00. The van der Waals surface area contributed by atoms with E-state index in [-0.39, 0.29) is 23.9 Å². The van der Waals surface area contributed by atoms with E-state index in [4.69, 9.17) is 4.74 Å². The van der Waals surface area contributed by atoms with Gasteiger partial charge in [0.15, 0.2) is 0 Å². The van der Waals surface area contributed by atoms with Gasteiger partial charge in [-0.3, -0.25) is 14.2 Å². The van der Waals surface area contributed by atoms with Crippen LogP contribution in [0, 0.1) is 12.8 Å². The van der Waals surface area contributed by atoms with Gasteiger partial charge in [-0.1, -0.05) is 32.9 Å². The van der Waals surface area contributed by atoms with Gasteiger partial charge in [-0.05, 0) is 42.5 Å². The van der Waals surface area contributed by atoms with Crippen LogP contribution in [0.2, 0.25) is 0 Å². The lowest BCUT2D eigenvalue weighted by molar-refractivity contribution is -0.116. The van der Waals surface area contributed by atoms with Crippen LogP contribution in [-0.4, -0.2) is 28.0 Å². The normalized spacial score (nSPS) is 11.1. The fourth-order valence-electron chi connectivity index (χ4n) is 2.95. The first-order valence-electron chi connectivity index (χ1n) is 9.84. The van der Waals surface area contributed by atoms with E-state index in [9.17, 15) is 14.4 Å². The van der Waals surface area contributed by atoms with Crippen molar-refractivity contribution >= 4 is 39.1 Å². The van der Waals surface area contributed by atoms with E-state index in [0.29, 0.717) is 33.0 Å². The molecule has 3 rings (SSSR count). The van der Waals surface area contributed by atoms with Gasteiger partial charge in [0, 0.05) is 5.69 Å². The molecular formula is C22H25N3O4S. The summed E-state index contributed by atoms with van der Waals surface area (Å²) in [4.78, 5) is 42.8. The molecule has 1 aromatic carbocycles. The SMILES string of the molecule is CCc1ccc(NC(=O)Cn2cnc3sc(C(=O)OCC(C)C)c(C)c3c2=O)cc1. The molecule has 8 heteroatoms. The summed E-state index contributed by atoms with van der Waals surface area (Å²) in [5.41, 5.74) is 2.02. The molecule has 0 radical (unpaired) electrons. The summed E-state index contributed by atoms with van der Waals surface area (Å²) in [6.07, 6.45) is 2.26. The summed E-state index contributed by atoms with van der Waals surface area (Å²) in [5.74, 6) is -0.564. The Balaban J connectivity index is 1.80. The molecule has 1 N–H and O–H groups in total. The lowest BCUT2D eigenvalue weighted by Gasteiger charge is -2.08. The van der Waals surface area contributed by atoms with Crippen LogP contribution in [0.25, 0.3) is 10.2 Å². The summed E-state index contributed by atoms with van der Waals surface area (Å²) in [5, 5.41) is 3.13. The first-order valence-corrected chi connectivity index (χ1v) is 10.7. The van der Waals surface area contributed by atoms with Crippen LogP contribution in [0.4, 0.5) is 5.69 Å². The van der Waals surface area contributed by atoms with Gasteiger partial charge in [0.05, 0.1) is 18.3 Å². The van der Waals surface area contributed by atoms with Crippen LogP contribution in [-0.2, 0) is 22.5 Å². The first-order chi connectivity index (χ1) is 14.3. The van der Waals surface area contributed by atoms with Crippen molar-refractivity contribution in [2.75, 3.05) is 11.9 Å². The maximum atomic E-state index is 12.9. The third kappa shape index (κ3) is 4.76. The molecule has 0 aliphatic heterocycles. The quantitative estimate of drug-likeness (QED) is 0.580. The van der Waals surface area contributed by atoms with Gasteiger partial charge in [-0.15, -0.1) is 11.3 Å². The standard InChI is InChI=1S/C22H25N3O4S/c1-5-15-6-8-16(9-7-15)24-17(26)10-25-12-23-20-18(21(25)27)14(4)19(30-20)22(28)29-11-13(2)3/h6-9,12-13H,5,10-11H2,1-4H3,(H,24,26). The van der Waals surface area contributed by atoms with Crippen LogP contribution in [0.5, 0.6) is 0 Å². The Labute approximate surface area is 178 Å². The van der Waals surface area contributed by atoms with E-state index in [0.717, 1.165) is 17.8 Å². The average Bonchev–Trinajstić information content (AvgIpc) is 3.06. The Morgan fingerprint density at radius 2 is 1.93 bits per heavy atom. The molecule has 2 aromatic heterocycles. The number of ether oxygens (including phenoxy) is 1. The molecule has 0 fully saturated rings. The number of aryl methyl sites for hydroxylation is 2. The van der Waals surface area contributed by atoms with Crippen molar-refractivity contribution in [2.45, 2.75) is 40.7 Å². The monoisotopic (exact) mass is 427 g/mol. The molecule has 0 unspecified atom stereocenters. The van der Waals surface area contributed by atoms with E-state index < -0.39 is 5.97 Å². The molecule has 0 aliphatic carbocycles. The van der Waals surface area contributed by atoms with Gasteiger partial charge >= 0.3 is 5.97 Å². The molecule has 2 heterocycles. The highest BCUT2D eigenvalue weighted by molar-refractivity contribution is 7.20. The van der Waals surface area contributed by atoms with Crippen molar-refractivity contribution in [3.05, 3.63) is 57.0 Å². The molecule has 0 spiro atoms. The van der Waals surface area contributed by atoms with Crippen molar-refractivity contribution in [1.29, 1.82) is 0 Å². The van der Waals surface area contributed by atoms with E-state index >= 15 is 0 Å². The number of carbonyl (C=O) groups is 2. The molecule has 0 saturated carbocycles. The number of nitrogens with one attached hydrogen (secondary N) is 1. The third-order valence-corrected chi connectivity index (χ3v) is 5.79. The van der Waals surface area contributed by atoms with E-state index in [1.807, 2.05) is 38.1 Å². The number of carbonyl (C=O) groups excluding carboxylic acids is 2. The first kappa shape index (κ1) is 21.7. The van der Waals surface area contributed by atoms with Gasteiger partial charge in [0.2, 0.25) is 5.91 Å². The number of anilines is 1. The highest BCUT2D eigenvalue weighted by atomic mass is 32.1. The smallest absolute Gasteiger partial charge is 0.348 e. The minimum Gasteiger partial charge on any atom is -0.461 e. The molecule has 1 amide bonds. The van der Waals surface area contributed by atoms with E-state index in [2.05, 4.69) is 17.2 Å². The van der Waals surface area contributed by atoms with Gasteiger partial charge in [0.1, 0.15) is 16.3 Å². The summed E-state index contributed by atoms with van der Waals surface area (Å²) in [6, 6.07) is 7.56. The van der Waals surface area contributed by atoms with Crippen LogP contribution >= 0.6 is 11.3 Å². The maximum Gasteiger partial charge on any atom is 0.348 e. The van der Waals surface area contributed by atoms with Gasteiger partial charge < -0.3 is 10.1 Å². The van der Waals surface area contributed by atoms with Crippen molar-refractivity contribution in [2.24, 2.45) is 5.92 Å². The van der Waals surface area contributed by atoms with Crippen LogP contribution in [0.15, 0.2) is 35.4 Å². The lowest BCUT2D eigenvalue weighted by Crippen LogP contribution is -2.27. The highest BCUT2D eigenvalue weighted by Gasteiger charge is 2.21. The zero-order valence-corrected chi connectivity index (χ0v) is 18.3.